The first-order valence-corrected chi connectivity index (χ1v) is 7.62. The molecule has 0 aliphatic carbocycles. The summed E-state index contributed by atoms with van der Waals surface area (Å²) < 4.78 is 6.85. The average Bonchev–Trinajstić information content (AvgIpc) is 2.48. The van der Waals surface area contributed by atoms with Crippen LogP contribution in [0.4, 0.5) is 0 Å². The van der Waals surface area contributed by atoms with Gasteiger partial charge in [-0.2, -0.15) is 5.10 Å². The molecule has 0 atom stereocenters. The Bertz CT molecular complexity index is 687. The Kier molecular flexibility index (Phi) is 5.52. The van der Waals surface area contributed by atoms with Crippen LogP contribution in [0.5, 0.6) is 5.75 Å². The zero-order valence-corrected chi connectivity index (χ0v) is 14.3. The fraction of sp³-hybridized carbons (Fsp3) is 0.0667. The van der Waals surface area contributed by atoms with Gasteiger partial charge < -0.3 is 4.74 Å². The molecule has 2 aromatic carbocycles. The van der Waals surface area contributed by atoms with Crippen LogP contribution in [0.3, 0.4) is 0 Å². The van der Waals surface area contributed by atoms with Crippen molar-refractivity contribution in [1.82, 2.24) is 5.43 Å². The van der Waals surface area contributed by atoms with Crippen molar-refractivity contribution in [3.8, 4) is 5.75 Å². The summed E-state index contributed by atoms with van der Waals surface area (Å²) in [5, 5.41) is 3.96. The summed E-state index contributed by atoms with van der Waals surface area (Å²) >= 11 is 6.71. The van der Waals surface area contributed by atoms with E-state index in [0.717, 1.165) is 14.5 Å². The molecule has 1 N–H and O–H groups in total. The van der Waals surface area contributed by atoms with E-state index in [9.17, 15) is 4.79 Å². The molecule has 108 valence electrons. The summed E-state index contributed by atoms with van der Waals surface area (Å²) in [4.78, 5) is 12.0. The zero-order chi connectivity index (χ0) is 15.2. The lowest BCUT2D eigenvalue weighted by molar-refractivity contribution is 0.0954. The molecule has 6 heteroatoms. The molecule has 1 amide bonds. The summed E-state index contributed by atoms with van der Waals surface area (Å²) in [6.45, 7) is 0. The van der Waals surface area contributed by atoms with Crippen LogP contribution >= 0.6 is 31.9 Å². The largest absolute Gasteiger partial charge is 0.496 e. The Morgan fingerprint density at radius 2 is 2.00 bits per heavy atom. The Morgan fingerprint density at radius 1 is 1.24 bits per heavy atom. The predicted octanol–water partition coefficient (Wildman–Crippen LogP) is 3.98. The third-order valence-corrected chi connectivity index (χ3v) is 3.86. The second-order valence-electron chi connectivity index (χ2n) is 4.07. The molecular formula is C15H12Br2N2O2. The normalized spacial score (nSPS) is 10.6. The van der Waals surface area contributed by atoms with E-state index in [1.165, 1.54) is 0 Å². The van der Waals surface area contributed by atoms with Crippen LogP contribution in [0.1, 0.15) is 15.9 Å². The summed E-state index contributed by atoms with van der Waals surface area (Å²) in [5.41, 5.74) is 3.78. The number of hydrazone groups is 1. The minimum atomic E-state index is -0.285. The highest BCUT2D eigenvalue weighted by molar-refractivity contribution is 9.10. The molecule has 21 heavy (non-hydrogen) atoms. The van der Waals surface area contributed by atoms with E-state index in [0.29, 0.717) is 11.3 Å². The number of carbonyl (C=O) groups excluding carboxylic acids is 1. The first-order chi connectivity index (χ1) is 10.1. The number of hydrogen-bond donors (Lipinski definition) is 1. The molecule has 0 bridgehead atoms. The Balaban J connectivity index is 2.11. The first-order valence-electron chi connectivity index (χ1n) is 6.03. The van der Waals surface area contributed by atoms with E-state index in [1.54, 1.807) is 31.5 Å². The summed E-state index contributed by atoms with van der Waals surface area (Å²) in [5.74, 6) is 0.393. The Labute approximate surface area is 139 Å². The van der Waals surface area contributed by atoms with E-state index < -0.39 is 0 Å². The second-order valence-corrected chi connectivity index (χ2v) is 5.84. The smallest absolute Gasteiger partial charge is 0.272 e. The predicted molar refractivity (Wildman–Crippen MR) is 89.9 cm³/mol. The molecule has 0 aliphatic rings. The topological polar surface area (TPSA) is 50.7 Å². The van der Waals surface area contributed by atoms with Crippen molar-refractivity contribution < 1.29 is 9.53 Å². The van der Waals surface area contributed by atoms with Crippen molar-refractivity contribution in [3.63, 3.8) is 0 Å². The molecule has 2 rings (SSSR count). The van der Waals surface area contributed by atoms with Gasteiger partial charge in [0.05, 0.1) is 18.9 Å². The molecule has 0 saturated carbocycles. The number of benzene rings is 2. The third-order valence-electron chi connectivity index (χ3n) is 2.68. The van der Waals surface area contributed by atoms with Crippen molar-refractivity contribution in [2.24, 2.45) is 5.10 Å². The van der Waals surface area contributed by atoms with Crippen molar-refractivity contribution in [3.05, 3.63) is 62.5 Å². The minimum absolute atomic E-state index is 0.285. The van der Waals surface area contributed by atoms with Gasteiger partial charge in [-0.1, -0.05) is 28.1 Å². The first kappa shape index (κ1) is 15.7. The lowest BCUT2D eigenvalue weighted by atomic mass is 10.2. The zero-order valence-electron chi connectivity index (χ0n) is 11.1. The fourth-order valence-corrected chi connectivity index (χ4v) is 2.52. The van der Waals surface area contributed by atoms with Gasteiger partial charge in [0.1, 0.15) is 5.75 Å². The van der Waals surface area contributed by atoms with Crippen LogP contribution in [0, 0.1) is 0 Å². The highest BCUT2D eigenvalue weighted by Gasteiger charge is 2.07. The maximum absolute atomic E-state index is 12.0. The number of halogens is 2. The third kappa shape index (κ3) is 4.15. The van der Waals surface area contributed by atoms with Gasteiger partial charge >= 0.3 is 0 Å². The summed E-state index contributed by atoms with van der Waals surface area (Å²) in [6.07, 6.45) is 1.54. The van der Waals surface area contributed by atoms with Crippen LogP contribution < -0.4 is 10.2 Å². The number of methoxy groups -OCH3 is 1. The standard InChI is InChI=1S/C15H12Br2N2O2/c1-21-14-7-6-11(16)8-10(14)9-18-19-15(20)12-4-2-3-5-13(12)17/h2-9H,1H3,(H,19,20). The molecule has 4 nitrogen and oxygen atoms in total. The molecule has 0 aliphatic heterocycles. The molecule has 0 fully saturated rings. The van der Waals surface area contributed by atoms with E-state index in [4.69, 9.17) is 4.74 Å². The van der Waals surface area contributed by atoms with Gasteiger partial charge in [-0.25, -0.2) is 5.43 Å². The van der Waals surface area contributed by atoms with E-state index in [2.05, 4.69) is 42.4 Å². The van der Waals surface area contributed by atoms with Crippen molar-refractivity contribution in [1.29, 1.82) is 0 Å². The average molecular weight is 412 g/mol. The van der Waals surface area contributed by atoms with E-state index in [1.807, 2.05) is 24.3 Å². The van der Waals surface area contributed by atoms with E-state index in [-0.39, 0.29) is 5.91 Å². The lowest BCUT2D eigenvalue weighted by Crippen LogP contribution is -2.18. The quantitative estimate of drug-likeness (QED) is 0.610. The van der Waals surface area contributed by atoms with Crippen molar-refractivity contribution in [2.75, 3.05) is 7.11 Å². The number of ether oxygens (including phenoxy) is 1. The maximum atomic E-state index is 12.0. The van der Waals surface area contributed by atoms with Gasteiger partial charge in [-0.3, -0.25) is 4.79 Å². The lowest BCUT2D eigenvalue weighted by Gasteiger charge is -2.05. The fourth-order valence-electron chi connectivity index (χ4n) is 1.67. The molecule has 2 aromatic rings. The number of carbonyl (C=O) groups is 1. The van der Waals surface area contributed by atoms with Crippen molar-refractivity contribution in [2.45, 2.75) is 0 Å². The molecule has 0 radical (unpaired) electrons. The highest BCUT2D eigenvalue weighted by Crippen LogP contribution is 2.21. The second kappa shape index (κ2) is 7.38. The van der Waals surface area contributed by atoms with Crippen molar-refractivity contribution >= 4 is 44.0 Å². The highest BCUT2D eigenvalue weighted by atomic mass is 79.9. The minimum Gasteiger partial charge on any atom is -0.496 e. The van der Waals surface area contributed by atoms with Crippen LogP contribution in [0.25, 0.3) is 0 Å². The van der Waals surface area contributed by atoms with E-state index >= 15 is 0 Å². The van der Waals surface area contributed by atoms with Gasteiger partial charge in [0.2, 0.25) is 0 Å². The Morgan fingerprint density at radius 3 is 2.71 bits per heavy atom. The van der Waals surface area contributed by atoms with Crippen LogP contribution in [-0.4, -0.2) is 19.2 Å². The summed E-state index contributed by atoms with van der Waals surface area (Å²) in [6, 6.07) is 12.7. The number of hydrogen-bond acceptors (Lipinski definition) is 3. The van der Waals surface area contributed by atoms with Crippen LogP contribution in [0.15, 0.2) is 56.5 Å². The number of amides is 1. The van der Waals surface area contributed by atoms with Gasteiger partial charge in [-0.15, -0.1) is 0 Å². The molecular weight excluding hydrogens is 400 g/mol. The maximum Gasteiger partial charge on any atom is 0.272 e. The molecule has 0 spiro atoms. The Hall–Kier alpha value is -1.66. The van der Waals surface area contributed by atoms with Gasteiger partial charge in [0, 0.05) is 14.5 Å². The number of nitrogens with one attached hydrogen (secondary N) is 1. The molecule has 0 heterocycles. The molecule has 0 unspecified atom stereocenters. The molecule has 0 aromatic heterocycles. The van der Waals surface area contributed by atoms with Gasteiger partial charge in [0.25, 0.3) is 5.91 Å². The van der Waals surface area contributed by atoms with Gasteiger partial charge in [-0.05, 0) is 46.3 Å². The van der Waals surface area contributed by atoms with Gasteiger partial charge in [0.15, 0.2) is 0 Å². The number of nitrogens with zero attached hydrogens (tertiary/aromatic N) is 1. The SMILES string of the molecule is COc1ccc(Br)cc1C=NNC(=O)c1ccccc1Br. The van der Waals surface area contributed by atoms with Crippen LogP contribution in [-0.2, 0) is 0 Å². The van der Waals surface area contributed by atoms with Crippen LogP contribution in [0.2, 0.25) is 0 Å². The molecule has 0 saturated heterocycles. The monoisotopic (exact) mass is 410 g/mol. The summed E-state index contributed by atoms with van der Waals surface area (Å²) in [7, 11) is 1.58. The number of rotatable bonds is 4.